The summed E-state index contributed by atoms with van der Waals surface area (Å²) in [5.74, 6) is -6.70. The number of aliphatic hydroxyl groups is 1. The molecule has 0 aliphatic carbocycles. The number of cyclic esters (lactones) is 2. The number of carbonyl (C=O) groups excluding carboxylic acids is 7. The molecule has 1 aliphatic rings. The van der Waals surface area contributed by atoms with Crippen LogP contribution in [0.4, 0.5) is 0 Å². The molecule has 1 rings (SSSR count). The first-order valence-electron chi connectivity index (χ1n) is 21.2. The molecule has 0 saturated heterocycles. The molecule has 0 bridgehead atoms. The highest BCUT2D eigenvalue weighted by atomic mass is 16.6. The Kier molecular flexibility index (Phi) is 21.5. The lowest BCUT2D eigenvalue weighted by Crippen LogP contribution is -2.60. The van der Waals surface area contributed by atoms with E-state index in [0.717, 1.165) is 0 Å². The van der Waals surface area contributed by atoms with E-state index >= 15 is 0 Å². The average Bonchev–Trinajstić information content (AvgIpc) is 3.18. The smallest absolute Gasteiger partial charge is 0.334 e. The molecule has 3 N–H and O–H groups in total. The molecule has 0 aromatic carbocycles. The van der Waals surface area contributed by atoms with Gasteiger partial charge in [-0.1, -0.05) is 87.8 Å². The van der Waals surface area contributed by atoms with Gasteiger partial charge in [-0.05, 0) is 63.4 Å². The third-order valence-corrected chi connectivity index (χ3v) is 11.7. The van der Waals surface area contributed by atoms with E-state index in [-0.39, 0.29) is 17.9 Å². The molecular formula is C44H75N5O10. The van der Waals surface area contributed by atoms with Gasteiger partial charge in [0.1, 0.15) is 30.3 Å². The number of ether oxygens (including phenoxy) is 2. The van der Waals surface area contributed by atoms with Crippen molar-refractivity contribution in [2.75, 3.05) is 27.7 Å². The summed E-state index contributed by atoms with van der Waals surface area (Å²) in [6, 6.07) is -4.26. The number of allylic oxidation sites excluding steroid dienone is 1. The Morgan fingerprint density at radius 1 is 0.814 bits per heavy atom. The zero-order valence-corrected chi connectivity index (χ0v) is 38.6. The SMILES string of the molecule is CC/C=C(\C)[C@H]1OC(=O)[C@H](C)N(C)C(=O)[C@H](C(C)C)NC(=O)CN(C)C(=O)[C@H]([C@H](C)CC)N(C)C(=O)[C@H](C(C)C)NC(=O)C([C@@H](C)CC)OC(=O)/C(C)=C/C[C@H](O)[C@@H]1C. The first kappa shape index (κ1) is 52.7. The van der Waals surface area contributed by atoms with E-state index in [9.17, 15) is 38.7 Å². The fourth-order valence-electron chi connectivity index (χ4n) is 6.86. The minimum Gasteiger partial charge on any atom is -0.456 e. The second-order valence-corrected chi connectivity index (χ2v) is 17.1. The van der Waals surface area contributed by atoms with Crippen molar-refractivity contribution in [3.8, 4) is 0 Å². The fourth-order valence-corrected chi connectivity index (χ4v) is 6.86. The lowest BCUT2D eigenvalue weighted by molar-refractivity contribution is -0.160. The topological polar surface area (TPSA) is 192 Å². The van der Waals surface area contributed by atoms with Gasteiger partial charge in [-0.3, -0.25) is 24.0 Å². The number of carbonyl (C=O) groups is 7. The first-order valence-corrected chi connectivity index (χ1v) is 21.2. The molecule has 1 unspecified atom stereocenters. The molecule has 10 atom stereocenters. The number of aliphatic hydroxyl groups excluding tert-OH is 1. The van der Waals surface area contributed by atoms with Crippen LogP contribution in [0, 0.1) is 29.6 Å². The highest BCUT2D eigenvalue weighted by Gasteiger charge is 2.40. The zero-order valence-electron chi connectivity index (χ0n) is 38.6. The van der Waals surface area contributed by atoms with Gasteiger partial charge in [0.25, 0.3) is 5.91 Å². The van der Waals surface area contributed by atoms with Crippen molar-refractivity contribution in [2.24, 2.45) is 29.6 Å². The largest absolute Gasteiger partial charge is 0.456 e. The van der Waals surface area contributed by atoms with Crippen molar-refractivity contribution in [3.05, 3.63) is 23.3 Å². The molecule has 0 fully saturated rings. The van der Waals surface area contributed by atoms with E-state index in [1.54, 1.807) is 48.5 Å². The molecule has 0 aromatic heterocycles. The number of rotatable bonds is 8. The quantitative estimate of drug-likeness (QED) is 0.238. The Morgan fingerprint density at radius 2 is 1.34 bits per heavy atom. The van der Waals surface area contributed by atoms with Crippen LogP contribution >= 0.6 is 0 Å². The number of nitrogens with zero attached hydrogens (tertiary/aromatic N) is 3. The Bertz CT molecular complexity index is 1540. The normalized spacial score (nSPS) is 29.7. The second kappa shape index (κ2) is 24.1. The number of hydrogen-bond acceptors (Lipinski definition) is 10. The van der Waals surface area contributed by atoms with Crippen LogP contribution in [0.3, 0.4) is 0 Å². The number of likely N-dealkylation sites (N-methyl/N-ethyl adjacent to an activating group) is 3. The van der Waals surface area contributed by atoms with Crippen molar-refractivity contribution >= 4 is 41.5 Å². The van der Waals surface area contributed by atoms with E-state index in [4.69, 9.17) is 9.47 Å². The molecule has 15 heteroatoms. The maximum atomic E-state index is 14.2. The van der Waals surface area contributed by atoms with Gasteiger partial charge in [-0.15, -0.1) is 0 Å². The standard InChI is InChI=1S/C44H75N5O10/c1-17-20-28(10)37-30(12)32(50)22-21-29(11)43(56)59-38(27(9)19-3)39(52)46-35(25(6)7)41(54)49(16)36(26(8)18-2)42(55)47(14)23-33(51)45-34(24(4)5)40(53)48(15)31(13)44(57)58-37/h20-21,24-27,30-32,34-38,50H,17-19,22-23H2,1-16H3,(H,45,51)(H,46,52)/b28-20+,29-21+/t26-,27+,30+,31+,32+,34+,35+,36+,37-,38?/m1/s1. The summed E-state index contributed by atoms with van der Waals surface area (Å²) in [4.78, 5) is 101. The van der Waals surface area contributed by atoms with Crippen molar-refractivity contribution in [2.45, 2.75) is 158 Å². The van der Waals surface area contributed by atoms with Gasteiger partial charge >= 0.3 is 11.9 Å². The lowest BCUT2D eigenvalue weighted by atomic mass is 9.90. The molecule has 0 aromatic rings. The van der Waals surface area contributed by atoms with Crippen LogP contribution < -0.4 is 10.6 Å². The summed E-state index contributed by atoms with van der Waals surface area (Å²) in [7, 11) is 4.36. The molecule has 59 heavy (non-hydrogen) atoms. The van der Waals surface area contributed by atoms with Crippen LogP contribution in [-0.2, 0) is 43.0 Å². The van der Waals surface area contributed by atoms with E-state index in [0.29, 0.717) is 24.8 Å². The van der Waals surface area contributed by atoms with Crippen molar-refractivity contribution < 1.29 is 48.1 Å². The number of nitrogens with one attached hydrogen (secondary N) is 2. The maximum absolute atomic E-state index is 14.2. The summed E-state index contributed by atoms with van der Waals surface area (Å²) in [6.45, 7) is 22.3. The van der Waals surface area contributed by atoms with Crippen LogP contribution in [0.15, 0.2) is 23.3 Å². The Balaban J connectivity index is 3.89. The van der Waals surface area contributed by atoms with Gasteiger partial charge in [0.15, 0.2) is 6.10 Å². The van der Waals surface area contributed by atoms with Gasteiger partial charge < -0.3 is 39.9 Å². The summed E-state index contributed by atoms with van der Waals surface area (Å²) < 4.78 is 11.8. The third kappa shape index (κ3) is 14.5. The molecule has 0 radical (unpaired) electrons. The summed E-state index contributed by atoms with van der Waals surface area (Å²) in [5.41, 5.74) is 0.833. The molecule has 1 aliphatic heterocycles. The monoisotopic (exact) mass is 834 g/mol. The van der Waals surface area contributed by atoms with Crippen LogP contribution in [0.1, 0.15) is 116 Å². The number of hydrogen-bond donors (Lipinski definition) is 3. The van der Waals surface area contributed by atoms with Gasteiger partial charge in [0, 0.05) is 38.6 Å². The molecule has 5 amide bonds. The Labute approximate surface area is 353 Å². The van der Waals surface area contributed by atoms with Crippen LogP contribution in [0.25, 0.3) is 0 Å². The molecule has 0 saturated carbocycles. The maximum Gasteiger partial charge on any atom is 0.334 e. The van der Waals surface area contributed by atoms with Crippen molar-refractivity contribution in [1.82, 2.24) is 25.3 Å². The minimum atomic E-state index is -1.26. The highest BCUT2D eigenvalue weighted by molar-refractivity contribution is 5.96. The van der Waals surface area contributed by atoms with Crippen LogP contribution in [0.5, 0.6) is 0 Å². The second-order valence-electron chi connectivity index (χ2n) is 17.1. The molecular weight excluding hydrogens is 759 g/mol. The van der Waals surface area contributed by atoms with Crippen LogP contribution in [-0.4, -0.2) is 131 Å². The van der Waals surface area contributed by atoms with Gasteiger partial charge in [-0.2, -0.15) is 0 Å². The summed E-state index contributed by atoms with van der Waals surface area (Å²) in [5, 5.41) is 16.9. The van der Waals surface area contributed by atoms with Gasteiger partial charge in [-0.25, -0.2) is 9.59 Å². The molecule has 1 heterocycles. The summed E-state index contributed by atoms with van der Waals surface area (Å²) >= 11 is 0. The fraction of sp³-hybridized carbons (Fsp3) is 0.750. The van der Waals surface area contributed by atoms with Crippen LogP contribution in [0.2, 0.25) is 0 Å². The molecule has 0 spiro atoms. The zero-order chi connectivity index (χ0) is 45.6. The van der Waals surface area contributed by atoms with E-state index in [2.05, 4.69) is 10.6 Å². The molecule has 336 valence electrons. The molecule has 15 nitrogen and oxygen atoms in total. The number of amides is 5. The third-order valence-electron chi connectivity index (χ3n) is 11.7. The van der Waals surface area contributed by atoms with E-state index in [1.807, 2.05) is 33.8 Å². The Morgan fingerprint density at radius 3 is 1.85 bits per heavy atom. The van der Waals surface area contributed by atoms with E-state index < -0.39 is 114 Å². The first-order chi connectivity index (χ1) is 27.4. The van der Waals surface area contributed by atoms with Crippen molar-refractivity contribution in [3.63, 3.8) is 0 Å². The van der Waals surface area contributed by atoms with Gasteiger partial charge in [0.2, 0.25) is 23.6 Å². The number of esters is 2. The van der Waals surface area contributed by atoms with E-state index in [1.165, 1.54) is 55.8 Å². The van der Waals surface area contributed by atoms with Crippen molar-refractivity contribution in [1.29, 1.82) is 0 Å². The highest BCUT2D eigenvalue weighted by Crippen LogP contribution is 2.25. The van der Waals surface area contributed by atoms with Gasteiger partial charge in [0.05, 0.1) is 12.6 Å². The predicted molar refractivity (Wildman–Crippen MR) is 226 cm³/mol. The lowest BCUT2D eigenvalue weighted by Gasteiger charge is -2.37. The predicted octanol–water partition coefficient (Wildman–Crippen LogP) is 4.02. The average molecular weight is 834 g/mol. The summed E-state index contributed by atoms with van der Waals surface area (Å²) in [6.07, 6.45) is 1.75. The Hall–Kier alpha value is -4.27. The minimum absolute atomic E-state index is 0.0129.